The van der Waals surface area contributed by atoms with Crippen molar-refractivity contribution in [1.29, 1.82) is 0 Å². The molecule has 0 aromatic heterocycles. The van der Waals surface area contributed by atoms with Crippen molar-refractivity contribution in [2.45, 2.75) is 12.8 Å². The summed E-state index contributed by atoms with van der Waals surface area (Å²) in [7, 11) is 0. The molecule has 102 valence electrons. The normalized spacial score (nSPS) is 9.78. The average molecular weight is 299 g/mol. The summed E-state index contributed by atoms with van der Waals surface area (Å²) in [5.41, 5.74) is 5.22. The smallest absolute Gasteiger partial charge is 0.252 e. The van der Waals surface area contributed by atoms with Crippen molar-refractivity contribution in [2.75, 3.05) is 13.1 Å². The van der Waals surface area contributed by atoms with Gasteiger partial charge in [-0.05, 0) is 31.5 Å². The van der Waals surface area contributed by atoms with Gasteiger partial charge < -0.3 is 11.1 Å². The summed E-state index contributed by atoms with van der Waals surface area (Å²) in [6, 6.07) is 1.57. The quantitative estimate of drug-likeness (QED) is 0.648. The Labute approximate surface area is 115 Å². The molecule has 0 atom stereocenters. The van der Waals surface area contributed by atoms with Gasteiger partial charge in [-0.1, -0.05) is 11.6 Å². The van der Waals surface area contributed by atoms with Crippen LogP contribution in [0.3, 0.4) is 0 Å². The standard InChI is InChI=1S/C11H13ClF2N2O.ClH/c12-8-6-10(14)9(13)5-7(8)11(17)16-4-2-1-3-15;/h5-6H,1-4,15H2,(H,16,17);1H. The number of amides is 1. The van der Waals surface area contributed by atoms with Crippen LogP contribution < -0.4 is 11.1 Å². The monoisotopic (exact) mass is 298 g/mol. The Hall–Kier alpha value is -0.910. The highest BCUT2D eigenvalue weighted by atomic mass is 35.5. The molecule has 1 rings (SSSR count). The molecule has 18 heavy (non-hydrogen) atoms. The number of halogens is 4. The highest BCUT2D eigenvalue weighted by molar-refractivity contribution is 6.33. The summed E-state index contributed by atoms with van der Waals surface area (Å²) >= 11 is 5.65. The van der Waals surface area contributed by atoms with Gasteiger partial charge in [-0.15, -0.1) is 12.4 Å². The lowest BCUT2D eigenvalue weighted by molar-refractivity contribution is 0.0952. The summed E-state index contributed by atoms with van der Waals surface area (Å²) in [6.45, 7) is 0.965. The molecule has 0 unspecified atom stereocenters. The lowest BCUT2D eigenvalue weighted by Gasteiger charge is -2.06. The molecule has 1 aromatic rings. The van der Waals surface area contributed by atoms with Crippen LogP contribution in [-0.4, -0.2) is 19.0 Å². The van der Waals surface area contributed by atoms with Gasteiger partial charge >= 0.3 is 0 Å². The van der Waals surface area contributed by atoms with Gasteiger partial charge in [0.2, 0.25) is 0 Å². The van der Waals surface area contributed by atoms with E-state index < -0.39 is 17.5 Å². The summed E-state index contributed by atoms with van der Waals surface area (Å²) in [5, 5.41) is 2.44. The zero-order chi connectivity index (χ0) is 12.8. The topological polar surface area (TPSA) is 55.1 Å². The fraction of sp³-hybridized carbons (Fsp3) is 0.364. The molecular formula is C11H14Cl2F2N2O. The Morgan fingerprint density at radius 3 is 2.50 bits per heavy atom. The van der Waals surface area contributed by atoms with Crippen molar-refractivity contribution < 1.29 is 13.6 Å². The van der Waals surface area contributed by atoms with Crippen LogP contribution in [0.4, 0.5) is 8.78 Å². The maximum atomic E-state index is 12.9. The van der Waals surface area contributed by atoms with Gasteiger partial charge in [-0.2, -0.15) is 0 Å². The van der Waals surface area contributed by atoms with E-state index >= 15 is 0 Å². The maximum absolute atomic E-state index is 12.9. The Morgan fingerprint density at radius 1 is 1.28 bits per heavy atom. The molecular weight excluding hydrogens is 285 g/mol. The Morgan fingerprint density at radius 2 is 1.89 bits per heavy atom. The fourth-order valence-corrected chi connectivity index (χ4v) is 1.50. The van der Waals surface area contributed by atoms with Crippen LogP contribution in [0.1, 0.15) is 23.2 Å². The van der Waals surface area contributed by atoms with Gasteiger partial charge in [-0.25, -0.2) is 8.78 Å². The number of carbonyl (C=O) groups is 1. The van der Waals surface area contributed by atoms with Crippen molar-refractivity contribution in [2.24, 2.45) is 5.73 Å². The molecule has 0 radical (unpaired) electrons. The number of hydrogen-bond donors (Lipinski definition) is 2. The van der Waals surface area contributed by atoms with E-state index in [9.17, 15) is 13.6 Å². The highest BCUT2D eigenvalue weighted by Crippen LogP contribution is 2.19. The van der Waals surface area contributed by atoms with Gasteiger partial charge in [0.25, 0.3) is 5.91 Å². The molecule has 0 saturated heterocycles. The molecule has 3 nitrogen and oxygen atoms in total. The molecule has 0 bridgehead atoms. The summed E-state index contributed by atoms with van der Waals surface area (Å²) in [6.07, 6.45) is 1.51. The van der Waals surface area contributed by atoms with E-state index in [4.69, 9.17) is 17.3 Å². The van der Waals surface area contributed by atoms with Crippen LogP contribution in [0.5, 0.6) is 0 Å². The second-order valence-corrected chi connectivity index (χ2v) is 3.91. The van der Waals surface area contributed by atoms with Crippen LogP contribution in [0, 0.1) is 11.6 Å². The molecule has 0 aliphatic heterocycles. The van der Waals surface area contributed by atoms with Gasteiger partial charge in [0.05, 0.1) is 10.6 Å². The molecule has 7 heteroatoms. The van der Waals surface area contributed by atoms with Crippen LogP contribution in [-0.2, 0) is 0 Å². The minimum Gasteiger partial charge on any atom is -0.352 e. The first-order chi connectivity index (χ1) is 8.06. The van der Waals surface area contributed by atoms with E-state index in [1.54, 1.807) is 0 Å². The third-order valence-corrected chi connectivity index (χ3v) is 2.48. The van der Waals surface area contributed by atoms with E-state index in [1.807, 2.05) is 0 Å². The van der Waals surface area contributed by atoms with Crippen molar-refractivity contribution in [3.05, 3.63) is 34.4 Å². The number of nitrogens with one attached hydrogen (secondary N) is 1. The Bertz CT molecular complexity index is 416. The zero-order valence-corrected chi connectivity index (χ0v) is 11.1. The summed E-state index contributed by atoms with van der Waals surface area (Å²) in [4.78, 5) is 11.6. The first-order valence-electron chi connectivity index (χ1n) is 5.19. The van der Waals surface area contributed by atoms with Crippen molar-refractivity contribution >= 4 is 29.9 Å². The highest BCUT2D eigenvalue weighted by Gasteiger charge is 2.14. The lowest BCUT2D eigenvalue weighted by atomic mass is 10.2. The van der Waals surface area contributed by atoms with Gasteiger partial charge in [0.15, 0.2) is 11.6 Å². The number of carbonyl (C=O) groups excluding carboxylic acids is 1. The molecule has 1 aromatic carbocycles. The first kappa shape index (κ1) is 17.1. The van der Waals surface area contributed by atoms with Crippen LogP contribution in [0.2, 0.25) is 5.02 Å². The van der Waals surface area contributed by atoms with Gasteiger partial charge in [0, 0.05) is 6.54 Å². The predicted molar refractivity (Wildman–Crippen MR) is 69.2 cm³/mol. The van der Waals surface area contributed by atoms with Crippen molar-refractivity contribution in [3.8, 4) is 0 Å². The third kappa shape index (κ3) is 4.76. The Kier molecular flexibility index (Phi) is 7.82. The van der Waals surface area contributed by atoms with Gasteiger partial charge in [0.1, 0.15) is 0 Å². The minimum atomic E-state index is -1.10. The van der Waals surface area contributed by atoms with E-state index in [1.165, 1.54) is 0 Å². The number of nitrogens with two attached hydrogens (primary N) is 1. The molecule has 0 saturated carbocycles. The molecule has 0 aliphatic carbocycles. The maximum Gasteiger partial charge on any atom is 0.252 e. The van der Waals surface area contributed by atoms with Crippen LogP contribution in [0.15, 0.2) is 12.1 Å². The van der Waals surface area contributed by atoms with E-state index in [0.29, 0.717) is 13.1 Å². The molecule has 0 fully saturated rings. The van der Waals surface area contributed by atoms with E-state index in [-0.39, 0.29) is 23.0 Å². The molecule has 1 amide bonds. The second kappa shape index (κ2) is 8.24. The number of rotatable bonds is 5. The summed E-state index contributed by atoms with van der Waals surface area (Å²) < 4.78 is 25.7. The van der Waals surface area contributed by atoms with Crippen LogP contribution >= 0.6 is 24.0 Å². The third-order valence-electron chi connectivity index (χ3n) is 2.17. The largest absolute Gasteiger partial charge is 0.352 e. The van der Waals surface area contributed by atoms with Crippen molar-refractivity contribution in [3.63, 3.8) is 0 Å². The summed E-state index contributed by atoms with van der Waals surface area (Å²) in [5.74, 6) is -2.69. The van der Waals surface area contributed by atoms with E-state index in [0.717, 1.165) is 25.0 Å². The van der Waals surface area contributed by atoms with Crippen LogP contribution in [0.25, 0.3) is 0 Å². The molecule has 0 aliphatic rings. The average Bonchev–Trinajstić information content (AvgIpc) is 2.29. The second-order valence-electron chi connectivity index (χ2n) is 3.50. The van der Waals surface area contributed by atoms with Crippen molar-refractivity contribution in [1.82, 2.24) is 5.32 Å². The molecule has 3 N–H and O–H groups in total. The predicted octanol–water partition coefficient (Wildman–Crippen LogP) is 2.51. The minimum absolute atomic E-state index is 0. The molecule has 0 heterocycles. The Balaban J connectivity index is 0.00000289. The van der Waals surface area contributed by atoms with E-state index in [2.05, 4.69) is 5.32 Å². The van der Waals surface area contributed by atoms with Gasteiger partial charge in [-0.3, -0.25) is 4.79 Å². The number of hydrogen-bond acceptors (Lipinski definition) is 2. The number of benzene rings is 1. The SMILES string of the molecule is Cl.NCCCCNC(=O)c1cc(F)c(F)cc1Cl. The lowest BCUT2D eigenvalue weighted by Crippen LogP contribution is -2.25. The number of unbranched alkanes of at least 4 members (excludes halogenated alkanes) is 1. The zero-order valence-electron chi connectivity index (χ0n) is 9.51. The fourth-order valence-electron chi connectivity index (χ4n) is 1.26. The first-order valence-corrected chi connectivity index (χ1v) is 5.57. The molecule has 0 spiro atoms.